The van der Waals surface area contributed by atoms with Gasteiger partial charge in [0.2, 0.25) is 0 Å². The standard InChI is InChI=1S/C27H29ClN4O3/c28-19-6-8-20(9-7-19)29-26(34)23-4-2-12-32(27(23)35)25-11-10-22-21(25)3-1-5-24(22)31-15-13-30(14-16-31)17-18-33/h1-9,12,25,33H,10-11,13-18H2,(H,29,34). The Morgan fingerprint density at radius 3 is 2.54 bits per heavy atom. The van der Waals surface area contributed by atoms with Gasteiger partial charge < -0.3 is 19.9 Å². The van der Waals surface area contributed by atoms with Gasteiger partial charge in [0.05, 0.1) is 12.6 Å². The first-order valence-corrected chi connectivity index (χ1v) is 12.4. The maximum atomic E-state index is 13.4. The Kier molecular flexibility index (Phi) is 6.90. The monoisotopic (exact) mass is 492 g/mol. The molecule has 0 radical (unpaired) electrons. The van der Waals surface area contributed by atoms with Gasteiger partial charge in [0, 0.05) is 55.3 Å². The highest BCUT2D eigenvalue weighted by molar-refractivity contribution is 6.30. The van der Waals surface area contributed by atoms with Gasteiger partial charge in [-0.15, -0.1) is 0 Å². The molecule has 1 aromatic heterocycles. The quantitative estimate of drug-likeness (QED) is 0.551. The summed E-state index contributed by atoms with van der Waals surface area (Å²) in [5.41, 5.74) is 4.09. The van der Waals surface area contributed by atoms with Crippen LogP contribution in [-0.4, -0.2) is 59.8 Å². The number of hydrogen-bond acceptors (Lipinski definition) is 5. The van der Waals surface area contributed by atoms with Gasteiger partial charge in [-0.05, 0) is 66.4 Å². The van der Waals surface area contributed by atoms with Gasteiger partial charge in [0.15, 0.2) is 0 Å². The van der Waals surface area contributed by atoms with E-state index in [1.165, 1.54) is 11.3 Å². The fraction of sp³-hybridized carbons (Fsp3) is 0.333. The van der Waals surface area contributed by atoms with Crippen LogP contribution >= 0.6 is 11.6 Å². The first-order chi connectivity index (χ1) is 17.0. The fourth-order valence-corrected chi connectivity index (χ4v) is 5.34. The van der Waals surface area contributed by atoms with Crippen LogP contribution in [0.4, 0.5) is 11.4 Å². The molecule has 3 aromatic rings. The van der Waals surface area contributed by atoms with Crippen LogP contribution in [0.15, 0.2) is 65.6 Å². The van der Waals surface area contributed by atoms with Crippen LogP contribution in [0.3, 0.4) is 0 Å². The van der Waals surface area contributed by atoms with Crippen LogP contribution < -0.4 is 15.8 Å². The molecule has 35 heavy (non-hydrogen) atoms. The third-order valence-corrected chi connectivity index (χ3v) is 7.25. The molecule has 8 heteroatoms. The van der Waals surface area contributed by atoms with Crippen molar-refractivity contribution in [3.8, 4) is 0 Å². The Labute approximate surface area is 209 Å². The Morgan fingerprint density at radius 1 is 1.03 bits per heavy atom. The molecule has 7 nitrogen and oxygen atoms in total. The van der Waals surface area contributed by atoms with Crippen molar-refractivity contribution in [3.63, 3.8) is 0 Å². The van der Waals surface area contributed by atoms with E-state index in [9.17, 15) is 14.7 Å². The Balaban J connectivity index is 1.38. The number of fused-ring (bicyclic) bond motifs is 1. The van der Waals surface area contributed by atoms with Crippen LogP contribution in [0.25, 0.3) is 0 Å². The minimum absolute atomic E-state index is 0.101. The zero-order chi connectivity index (χ0) is 24.4. The number of nitrogens with one attached hydrogen (secondary N) is 1. The van der Waals surface area contributed by atoms with E-state index in [0.717, 1.165) is 44.6 Å². The molecule has 1 aliphatic carbocycles. The van der Waals surface area contributed by atoms with E-state index in [1.807, 2.05) is 0 Å². The molecule has 1 atom stereocenters. The van der Waals surface area contributed by atoms with Crippen molar-refractivity contribution in [2.45, 2.75) is 18.9 Å². The number of aromatic nitrogens is 1. The summed E-state index contributed by atoms with van der Waals surface area (Å²) in [7, 11) is 0. The van der Waals surface area contributed by atoms with Crippen LogP contribution in [-0.2, 0) is 6.42 Å². The third-order valence-electron chi connectivity index (χ3n) is 7.00. The van der Waals surface area contributed by atoms with Crippen LogP contribution in [0, 0.1) is 0 Å². The molecule has 0 bridgehead atoms. The lowest BCUT2D eigenvalue weighted by atomic mass is 10.0. The number of benzene rings is 2. The Hall–Kier alpha value is -3.13. The van der Waals surface area contributed by atoms with Crippen molar-refractivity contribution in [2.24, 2.45) is 0 Å². The summed E-state index contributed by atoms with van der Waals surface area (Å²) in [5.74, 6) is -0.431. The molecule has 1 fully saturated rings. The minimum Gasteiger partial charge on any atom is -0.395 e. The molecule has 0 saturated carbocycles. The molecule has 2 N–H and O–H groups in total. The van der Waals surface area contributed by atoms with E-state index in [2.05, 4.69) is 33.3 Å². The van der Waals surface area contributed by atoms with Gasteiger partial charge in [-0.1, -0.05) is 23.7 Å². The van der Waals surface area contributed by atoms with Crippen LogP contribution in [0.1, 0.15) is 33.9 Å². The number of β-amino-alcohol motifs (C(OH)–C–C–N with tert-alkyl or cyclic N) is 1. The number of pyridine rings is 1. The largest absolute Gasteiger partial charge is 0.395 e. The smallest absolute Gasteiger partial charge is 0.263 e. The van der Waals surface area contributed by atoms with Gasteiger partial charge in [0.25, 0.3) is 11.5 Å². The topological polar surface area (TPSA) is 77.8 Å². The Bertz CT molecular complexity index is 1270. The molecule has 1 saturated heterocycles. The van der Waals surface area contributed by atoms with E-state index in [0.29, 0.717) is 17.3 Å². The third kappa shape index (κ3) is 4.85. The Morgan fingerprint density at radius 2 is 1.80 bits per heavy atom. The van der Waals surface area contributed by atoms with Crippen molar-refractivity contribution < 1.29 is 9.90 Å². The average molecular weight is 493 g/mol. The van der Waals surface area contributed by atoms with Gasteiger partial charge in [-0.25, -0.2) is 0 Å². The first kappa shape index (κ1) is 23.6. The normalized spacial score (nSPS) is 17.9. The summed E-state index contributed by atoms with van der Waals surface area (Å²) < 4.78 is 1.70. The molecule has 5 rings (SSSR count). The number of amides is 1. The number of hydrogen-bond donors (Lipinski definition) is 2. The summed E-state index contributed by atoms with van der Waals surface area (Å²) in [6, 6.07) is 16.4. The summed E-state index contributed by atoms with van der Waals surface area (Å²) in [4.78, 5) is 31.0. The number of nitrogens with zero attached hydrogens (tertiary/aromatic N) is 3. The zero-order valence-electron chi connectivity index (χ0n) is 19.5. The number of carbonyl (C=O) groups is 1. The lowest BCUT2D eigenvalue weighted by molar-refractivity contribution is 0.102. The molecule has 182 valence electrons. The molecule has 1 unspecified atom stereocenters. The molecule has 1 amide bonds. The summed E-state index contributed by atoms with van der Waals surface area (Å²) in [6.07, 6.45) is 3.49. The molecule has 2 heterocycles. The number of anilines is 2. The lowest BCUT2D eigenvalue weighted by Gasteiger charge is -2.36. The van der Waals surface area contributed by atoms with Gasteiger partial charge in [0.1, 0.15) is 5.56 Å². The second-order valence-electron chi connectivity index (χ2n) is 9.05. The molecular formula is C27H29ClN4O3. The van der Waals surface area contributed by atoms with Gasteiger partial charge in [-0.3, -0.25) is 14.5 Å². The lowest BCUT2D eigenvalue weighted by Crippen LogP contribution is -2.47. The summed E-state index contributed by atoms with van der Waals surface area (Å²) in [6.45, 7) is 4.60. The minimum atomic E-state index is -0.431. The van der Waals surface area contributed by atoms with E-state index < -0.39 is 5.91 Å². The number of carbonyl (C=O) groups excluding carboxylic acids is 1. The number of aliphatic hydroxyl groups excluding tert-OH is 1. The molecule has 2 aliphatic rings. The second-order valence-corrected chi connectivity index (χ2v) is 9.48. The summed E-state index contributed by atoms with van der Waals surface area (Å²) >= 11 is 5.92. The predicted molar refractivity (Wildman–Crippen MR) is 139 cm³/mol. The zero-order valence-corrected chi connectivity index (χ0v) is 20.2. The first-order valence-electron chi connectivity index (χ1n) is 12.0. The van der Waals surface area contributed by atoms with Gasteiger partial charge >= 0.3 is 0 Å². The SMILES string of the molecule is O=C(Nc1ccc(Cl)cc1)c1cccn(C2CCc3c2cccc3N2CCN(CCO)CC2)c1=O. The maximum Gasteiger partial charge on any atom is 0.263 e. The fourth-order valence-electron chi connectivity index (χ4n) is 5.21. The highest BCUT2D eigenvalue weighted by Gasteiger charge is 2.30. The van der Waals surface area contributed by atoms with Crippen molar-refractivity contribution >= 4 is 28.9 Å². The molecule has 0 spiro atoms. The van der Waals surface area contributed by atoms with Gasteiger partial charge in [-0.2, -0.15) is 0 Å². The van der Waals surface area contributed by atoms with Crippen molar-refractivity contribution in [1.29, 1.82) is 0 Å². The molecular weight excluding hydrogens is 464 g/mol. The number of aliphatic hydroxyl groups is 1. The van der Waals surface area contributed by atoms with E-state index in [-0.39, 0.29) is 23.8 Å². The molecule has 2 aromatic carbocycles. The van der Waals surface area contributed by atoms with Crippen molar-refractivity contribution in [1.82, 2.24) is 9.47 Å². The average Bonchev–Trinajstić information content (AvgIpc) is 3.30. The maximum absolute atomic E-state index is 13.4. The second kappa shape index (κ2) is 10.2. The number of piperazine rings is 1. The highest BCUT2D eigenvalue weighted by atomic mass is 35.5. The predicted octanol–water partition coefficient (Wildman–Crippen LogP) is 3.40. The number of rotatable bonds is 6. The van der Waals surface area contributed by atoms with Crippen LogP contribution in [0.5, 0.6) is 0 Å². The van der Waals surface area contributed by atoms with Crippen molar-refractivity contribution in [3.05, 3.63) is 92.9 Å². The number of halogens is 1. The highest BCUT2D eigenvalue weighted by Crippen LogP contribution is 2.39. The van der Waals surface area contributed by atoms with E-state index in [4.69, 9.17) is 11.6 Å². The van der Waals surface area contributed by atoms with Crippen LogP contribution in [0.2, 0.25) is 5.02 Å². The van der Waals surface area contributed by atoms with E-state index in [1.54, 1.807) is 47.2 Å². The summed E-state index contributed by atoms with van der Waals surface area (Å²) in [5, 5.41) is 12.6. The van der Waals surface area contributed by atoms with Crippen molar-refractivity contribution in [2.75, 3.05) is 49.5 Å². The molecule has 1 aliphatic heterocycles. The van der Waals surface area contributed by atoms with E-state index >= 15 is 0 Å².